The molecule has 0 spiro atoms. The van der Waals surface area contributed by atoms with E-state index in [4.69, 9.17) is 9.47 Å². The third kappa shape index (κ3) is 5.50. The Kier molecular flexibility index (Phi) is 9.62. The second kappa shape index (κ2) is 10.6. The zero-order valence-electron chi connectivity index (χ0n) is 15.7. The van der Waals surface area contributed by atoms with Gasteiger partial charge in [-0.15, -0.1) is 0 Å². The van der Waals surface area contributed by atoms with Crippen molar-refractivity contribution in [3.63, 3.8) is 0 Å². The maximum atomic E-state index is 5.92. The molecule has 0 N–H and O–H groups in total. The number of hydrogen-bond acceptors (Lipinski definition) is 3. The summed E-state index contributed by atoms with van der Waals surface area (Å²) in [6.07, 6.45) is 14.1. The van der Waals surface area contributed by atoms with Gasteiger partial charge in [0, 0.05) is 32.7 Å². The fraction of sp³-hybridized carbons (Fsp3) is 1.00. The van der Waals surface area contributed by atoms with Crippen LogP contribution in [-0.4, -0.2) is 37.1 Å². The maximum Gasteiger partial charge on any atom is 0.229 e. The summed E-state index contributed by atoms with van der Waals surface area (Å²) in [5.74, 6) is -0.525. The van der Waals surface area contributed by atoms with Crippen molar-refractivity contribution in [2.75, 3.05) is 14.2 Å². The Morgan fingerprint density at radius 1 is 0.864 bits per heavy atom. The molecule has 1 heterocycles. The van der Waals surface area contributed by atoms with Gasteiger partial charge >= 0.3 is 0 Å². The van der Waals surface area contributed by atoms with Crippen molar-refractivity contribution in [3.05, 3.63) is 0 Å². The Balaban J connectivity index is 2.48. The molecule has 1 rings (SSSR count). The smallest absolute Gasteiger partial charge is 0.229 e. The lowest BCUT2D eigenvalue weighted by molar-refractivity contribution is -0.321. The number of methoxy groups -OCH3 is 2. The minimum Gasteiger partial charge on any atom is -0.341 e. The molecule has 132 valence electrons. The zero-order chi connectivity index (χ0) is 16.4. The highest BCUT2D eigenvalue weighted by atomic mass is 16.7. The van der Waals surface area contributed by atoms with E-state index in [1.54, 1.807) is 14.2 Å². The van der Waals surface area contributed by atoms with Gasteiger partial charge in [-0.05, 0) is 33.1 Å². The lowest BCUT2D eigenvalue weighted by atomic mass is 9.95. The molecule has 1 aliphatic heterocycles. The van der Waals surface area contributed by atoms with E-state index >= 15 is 0 Å². The molecular weight excluding hydrogens is 274 g/mol. The lowest BCUT2D eigenvalue weighted by Gasteiger charge is -2.50. The molecule has 0 radical (unpaired) electrons. The summed E-state index contributed by atoms with van der Waals surface area (Å²) in [6.45, 7) is 6.90. The molecule has 0 saturated carbocycles. The Morgan fingerprint density at radius 2 is 1.36 bits per heavy atom. The van der Waals surface area contributed by atoms with Crippen LogP contribution in [0.25, 0.3) is 0 Å². The number of hydrogen-bond donors (Lipinski definition) is 0. The molecule has 1 saturated heterocycles. The molecule has 0 aromatic heterocycles. The molecule has 22 heavy (non-hydrogen) atoms. The number of nitrogens with zero attached hydrogens (tertiary/aromatic N) is 1. The van der Waals surface area contributed by atoms with Crippen LogP contribution in [0.4, 0.5) is 0 Å². The normalized spacial score (nSPS) is 23.9. The Labute approximate surface area is 138 Å². The highest BCUT2D eigenvalue weighted by Gasteiger charge is 2.43. The van der Waals surface area contributed by atoms with Gasteiger partial charge in [-0.1, -0.05) is 51.9 Å². The molecule has 0 aliphatic carbocycles. The minimum atomic E-state index is -0.525. The van der Waals surface area contributed by atoms with Crippen molar-refractivity contribution in [2.24, 2.45) is 0 Å². The van der Waals surface area contributed by atoms with Gasteiger partial charge < -0.3 is 9.47 Å². The summed E-state index contributed by atoms with van der Waals surface area (Å²) in [7, 11) is 3.61. The summed E-state index contributed by atoms with van der Waals surface area (Å²) >= 11 is 0. The second-order valence-electron chi connectivity index (χ2n) is 7.03. The van der Waals surface area contributed by atoms with Crippen molar-refractivity contribution < 1.29 is 9.47 Å². The third-order valence-electron chi connectivity index (χ3n) is 5.32. The van der Waals surface area contributed by atoms with Gasteiger partial charge in [-0.25, -0.2) is 4.90 Å². The Morgan fingerprint density at radius 3 is 1.86 bits per heavy atom. The third-order valence-corrected chi connectivity index (χ3v) is 5.32. The fourth-order valence-electron chi connectivity index (χ4n) is 4.03. The summed E-state index contributed by atoms with van der Waals surface area (Å²) in [5.41, 5.74) is 0. The van der Waals surface area contributed by atoms with Crippen LogP contribution in [0.2, 0.25) is 0 Å². The standard InChI is InChI=1S/C19H39NO2/c1-6-7-8-9-10-11-12-16-19(21-4,22-5)20-17(2)14-13-15-18(20)3/h17-18H,6-16H2,1-5H3/t17-,18+. The summed E-state index contributed by atoms with van der Waals surface area (Å²) < 4.78 is 11.8. The SMILES string of the molecule is CCCCCCCCCC(OC)(OC)N1[C@H](C)CCC[C@@H]1C. The molecular formula is C19H39NO2. The van der Waals surface area contributed by atoms with Gasteiger partial charge in [0.25, 0.3) is 0 Å². The second-order valence-corrected chi connectivity index (χ2v) is 7.03. The molecule has 1 fully saturated rings. The van der Waals surface area contributed by atoms with Crippen LogP contribution in [0.15, 0.2) is 0 Å². The zero-order valence-corrected chi connectivity index (χ0v) is 15.7. The predicted octanol–water partition coefficient (Wildman–Crippen LogP) is 5.34. The Hall–Kier alpha value is -0.120. The first-order valence-electron chi connectivity index (χ1n) is 9.50. The van der Waals surface area contributed by atoms with Gasteiger partial charge in [-0.2, -0.15) is 0 Å². The van der Waals surface area contributed by atoms with E-state index in [2.05, 4.69) is 25.7 Å². The number of ether oxygens (including phenoxy) is 2. The van der Waals surface area contributed by atoms with E-state index in [1.807, 2.05) is 0 Å². The van der Waals surface area contributed by atoms with Crippen molar-refractivity contribution in [1.82, 2.24) is 4.90 Å². The fourth-order valence-corrected chi connectivity index (χ4v) is 4.03. The minimum absolute atomic E-state index is 0.525. The van der Waals surface area contributed by atoms with Gasteiger partial charge in [0.1, 0.15) is 0 Å². The number of likely N-dealkylation sites (tertiary alicyclic amines) is 1. The first-order chi connectivity index (χ1) is 10.6. The van der Waals surface area contributed by atoms with E-state index in [1.165, 1.54) is 64.2 Å². The van der Waals surface area contributed by atoms with E-state index in [9.17, 15) is 0 Å². The van der Waals surface area contributed by atoms with Crippen molar-refractivity contribution in [3.8, 4) is 0 Å². The van der Waals surface area contributed by atoms with Crippen LogP contribution < -0.4 is 0 Å². The van der Waals surface area contributed by atoms with Crippen molar-refractivity contribution in [2.45, 2.75) is 109 Å². The average Bonchev–Trinajstić information content (AvgIpc) is 2.52. The summed E-state index contributed by atoms with van der Waals surface area (Å²) in [6, 6.07) is 1.07. The van der Waals surface area contributed by atoms with Crippen molar-refractivity contribution in [1.29, 1.82) is 0 Å². The van der Waals surface area contributed by atoms with E-state index < -0.39 is 5.91 Å². The van der Waals surface area contributed by atoms with Gasteiger partial charge in [0.15, 0.2) is 0 Å². The first kappa shape index (κ1) is 19.9. The highest BCUT2D eigenvalue weighted by molar-refractivity contribution is 4.86. The van der Waals surface area contributed by atoms with Gasteiger partial charge in [0.05, 0.1) is 0 Å². The number of unbranched alkanes of at least 4 members (excludes halogenated alkanes) is 6. The molecule has 0 aromatic rings. The number of piperidine rings is 1. The van der Waals surface area contributed by atoms with Crippen molar-refractivity contribution >= 4 is 0 Å². The molecule has 0 aromatic carbocycles. The highest BCUT2D eigenvalue weighted by Crippen LogP contribution is 2.35. The Bertz CT molecular complexity index is 269. The summed E-state index contributed by atoms with van der Waals surface area (Å²) in [4.78, 5) is 2.48. The molecule has 3 heteroatoms. The predicted molar refractivity (Wildman–Crippen MR) is 94.0 cm³/mol. The van der Waals surface area contributed by atoms with Crippen LogP contribution in [0, 0.1) is 0 Å². The lowest BCUT2D eigenvalue weighted by Crippen LogP contribution is -2.60. The first-order valence-corrected chi connectivity index (χ1v) is 9.50. The molecule has 0 bridgehead atoms. The largest absolute Gasteiger partial charge is 0.341 e. The monoisotopic (exact) mass is 313 g/mol. The summed E-state index contributed by atoms with van der Waals surface area (Å²) in [5, 5.41) is 0. The molecule has 0 amide bonds. The molecule has 0 unspecified atom stereocenters. The van der Waals surface area contributed by atoms with Crippen LogP contribution in [0.1, 0.15) is 91.4 Å². The molecule has 1 aliphatic rings. The molecule has 2 atom stereocenters. The van der Waals surface area contributed by atoms with Crippen LogP contribution >= 0.6 is 0 Å². The number of rotatable bonds is 11. The quantitative estimate of drug-likeness (QED) is 0.380. The molecule has 3 nitrogen and oxygen atoms in total. The topological polar surface area (TPSA) is 21.7 Å². The van der Waals surface area contributed by atoms with Gasteiger partial charge in [0.2, 0.25) is 5.91 Å². The maximum absolute atomic E-state index is 5.92. The average molecular weight is 314 g/mol. The van der Waals surface area contributed by atoms with E-state index in [-0.39, 0.29) is 0 Å². The van der Waals surface area contributed by atoms with E-state index in [0.29, 0.717) is 12.1 Å². The van der Waals surface area contributed by atoms with Gasteiger partial charge in [-0.3, -0.25) is 0 Å². The van der Waals surface area contributed by atoms with E-state index in [0.717, 1.165) is 6.42 Å². The van der Waals surface area contributed by atoms with Crippen LogP contribution in [0.5, 0.6) is 0 Å². The van der Waals surface area contributed by atoms with Crippen LogP contribution in [0.3, 0.4) is 0 Å². The van der Waals surface area contributed by atoms with Crippen LogP contribution in [-0.2, 0) is 9.47 Å².